The van der Waals surface area contributed by atoms with Crippen LogP contribution in [0.4, 0.5) is 22.9 Å². The third kappa shape index (κ3) is 5.75. The van der Waals surface area contributed by atoms with Crippen LogP contribution in [0.2, 0.25) is 0 Å². The third-order valence-corrected chi connectivity index (χ3v) is 5.60. The topological polar surface area (TPSA) is 122 Å². The lowest BCUT2D eigenvalue weighted by molar-refractivity contribution is -0.111. The third-order valence-electron chi connectivity index (χ3n) is 5.60. The predicted molar refractivity (Wildman–Crippen MR) is 136 cm³/mol. The molecule has 0 spiro atoms. The van der Waals surface area contributed by atoms with E-state index in [1.165, 1.54) is 18.9 Å². The maximum atomic E-state index is 12.1. The minimum Gasteiger partial charge on any atom is -0.437 e. The van der Waals surface area contributed by atoms with Gasteiger partial charge in [-0.15, -0.1) is 0 Å². The molecule has 3 aromatic rings. The average molecular weight is 473 g/mol. The Bertz CT molecular complexity index is 1240. The molecule has 4 rings (SSSR count). The zero-order valence-corrected chi connectivity index (χ0v) is 19.6. The van der Waals surface area contributed by atoms with Crippen LogP contribution in [0.15, 0.2) is 61.2 Å². The van der Waals surface area contributed by atoms with Crippen molar-refractivity contribution in [3.8, 4) is 11.6 Å². The van der Waals surface area contributed by atoms with Gasteiger partial charge in [0.1, 0.15) is 11.4 Å². The van der Waals surface area contributed by atoms with Crippen LogP contribution in [0.25, 0.3) is 0 Å². The number of aryl methyl sites for hydroxylation is 1. The first-order valence-corrected chi connectivity index (χ1v) is 11.5. The minimum absolute atomic E-state index is 0.0322. The summed E-state index contributed by atoms with van der Waals surface area (Å²) in [6, 6.07) is 14.8. The number of rotatable bonds is 9. The lowest BCUT2D eigenvalue weighted by Gasteiger charge is -2.18. The van der Waals surface area contributed by atoms with Crippen LogP contribution in [0.3, 0.4) is 0 Å². The molecule has 0 bridgehead atoms. The highest BCUT2D eigenvalue weighted by Crippen LogP contribution is 2.30. The molecule has 1 aromatic heterocycles. The van der Waals surface area contributed by atoms with Crippen LogP contribution in [-0.2, 0) is 11.2 Å². The Hall–Kier alpha value is -4.40. The summed E-state index contributed by atoms with van der Waals surface area (Å²) in [7, 11) is 0. The molecule has 9 heteroatoms. The first kappa shape index (κ1) is 23.7. The highest BCUT2D eigenvalue weighted by Gasteiger charge is 2.19. The number of amides is 2. The monoisotopic (exact) mass is 472 g/mol. The van der Waals surface area contributed by atoms with E-state index in [0.29, 0.717) is 23.6 Å². The van der Waals surface area contributed by atoms with Gasteiger partial charge in [-0.05, 0) is 61.7 Å². The molecule has 2 amide bonds. The van der Waals surface area contributed by atoms with Gasteiger partial charge in [0.05, 0.1) is 0 Å². The summed E-state index contributed by atoms with van der Waals surface area (Å²) < 4.78 is 6.01. The van der Waals surface area contributed by atoms with Gasteiger partial charge in [0, 0.05) is 36.2 Å². The fourth-order valence-electron chi connectivity index (χ4n) is 3.84. The molecular weight excluding hydrogens is 444 g/mol. The number of carbonyl (C=O) groups is 2. The second-order valence-corrected chi connectivity index (χ2v) is 8.08. The number of hydrogen-bond donors (Lipinski definition) is 3. The largest absolute Gasteiger partial charge is 0.437 e. The van der Waals surface area contributed by atoms with Crippen molar-refractivity contribution in [1.29, 1.82) is 0 Å². The molecule has 0 radical (unpaired) electrons. The SMILES string of the molecule is C=CC(=O)Nc1cccc(Oc2nc(Nc3ccc(N4CCCC4)cc3)c(C(N)=O)nc2CC)c1. The fourth-order valence-corrected chi connectivity index (χ4v) is 3.84. The molecule has 0 aliphatic carbocycles. The van der Waals surface area contributed by atoms with Crippen LogP contribution in [0.1, 0.15) is 35.9 Å². The van der Waals surface area contributed by atoms with E-state index >= 15 is 0 Å². The standard InChI is InChI=1S/C26H28N6O3/c1-3-21-26(35-20-9-7-8-18(16-20)28-22(33)4-2)31-25(23(30-21)24(27)34)29-17-10-12-19(13-11-17)32-14-5-6-15-32/h4,7-13,16H,2-3,5-6,14-15H2,1H3,(H2,27,34)(H,28,33)(H,29,31). The van der Waals surface area contributed by atoms with Crippen molar-refractivity contribution in [3.05, 3.63) is 72.6 Å². The van der Waals surface area contributed by atoms with Crippen molar-refractivity contribution in [1.82, 2.24) is 9.97 Å². The molecule has 1 fully saturated rings. The number of nitrogens with zero attached hydrogens (tertiary/aromatic N) is 3. The number of carbonyl (C=O) groups excluding carboxylic acids is 2. The summed E-state index contributed by atoms with van der Waals surface area (Å²) in [4.78, 5) is 35.1. The van der Waals surface area contributed by atoms with E-state index in [9.17, 15) is 9.59 Å². The van der Waals surface area contributed by atoms with Crippen molar-refractivity contribution in [2.45, 2.75) is 26.2 Å². The van der Waals surface area contributed by atoms with Gasteiger partial charge >= 0.3 is 0 Å². The highest BCUT2D eigenvalue weighted by atomic mass is 16.5. The van der Waals surface area contributed by atoms with Gasteiger partial charge in [-0.1, -0.05) is 19.6 Å². The smallest absolute Gasteiger partial charge is 0.271 e. The molecule has 180 valence electrons. The molecular formula is C26H28N6O3. The van der Waals surface area contributed by atoms with E-state index in [4.69, 9.17) is 10.5 Å². The number of nitrogens with one attached hydrogen (secondary N) is 2. The number of primary amides is 1. The number of hydrogen-bond acceptors (Lipinski definition) is 7. The number of benzene rings is 2. The molecule has 0 unspecified atom stereocenters. The molecule has 1 aliphatic heterocycles. The zero-order valence-electron chi connectivity index (χ0n) is 19.6. The van der Waals surface area contributed by atoms with E-state index in [0.717, 1.165) is 24.5 Å². The molecule has 2 heterocycles. The van der Waals surface area contributed by atoms with E-state index < -0.39 is 5.91 Å². The van der Waals surface area contributed by atoms with Crippen LogP contribution >= 0.6 is 0 Å². The Morgan fingerprint density at radius 1 is 1.11 bits per heavy atom. The Morgan fingerprint density at radius 2 is 1.86 bits per heavy atom. The van der Waals surface area contributed by atoms with Gasteiger partial charge in [0.25, 0.3) is 5.91 Å². The first-order valence-electron chi connectivity index (χ1n) is 11.5. The molecule has 1 aliphatic rings. The number of ether oxygens (including phenoxy) is 1. The van der Waals surface area contributed by atoms with Crippen molar-refractivity contribution >= 4 is 34.7 Å². The molecule has 35 heavy (non-hydrogen) atoms. The molecule has 9 nitrogen and oxygen atoms in total. The van der Waals surface area contributed by atoms with E-state index in [1.807, 2.05) is 31.2 Å². The van der Waals surface area contributed by atoms with E-state index in [-0.39, 0.29) is 23.3 Å². The molecule has 0 saturated carbocycles. The van der Waals surface area contributed by atoms with Crippen LogP contribution in [-0.4, -0.2) is 34.9 Å². The lowest BCUT2D eigenvalue weighted by atomic mass is 10.2. The van der Waals surface area contributed by atoms with Crippen molar-refractivity contribution in [2.24, 2.45) is 5.73 Å². The normalized spacial score (nSPS) is 12.8. The summed E-state index contributed by atoms with van der Waals surface area (Å²) in [6.45, 7) is 7.45. The van der Waals surface area contributed by atoms with Gasteiger partial charge in [0.15, 0.2) is 11.5 Å². The summed E-state index contributed by atoms with van der Waals surface area (Å²) in [6.07, 6.45) is 4.06. The second-order valence-electron chi connectivity index (χ2n) is 8.08. The minimum atomic E-state index is -0.691. The summed E-state index contributed by atoms with van der Waals surface area (Å²) in [5, 5.41) is 5.84. The Kier molecular flexibility index (Phi) is 7.25. The van der Waals surface area contributed by atoms with Gasteiger partial charge in [-0.25, -0.2) is 4.98 Å². The van der Waals surface area contributed by atoms with Crippen molar-refractivity contribution in [3.63, 3.8) is 0 Å². The Labute approximate surface area is 204 Å². The van der Waals surface area contributed by atoms with Crippen LogP contribution < -0.4 is 26.0 Å². The lowest BCUT2D eigenvalue weighted by Crippen LogP contribution is -2.18. The molecule has 0 atom stereocenters. The fraction of sp³-hybridized carbons (Fsp3) is 0.231. The number of nitrogens with two attached hydrogens (primary N) is 1. The van der Waals surface area contributed by atoms with E-state index in [1.54, 1.807) is 24.3 Å². The van der Waals surface area contributed by atoms with Crippen molar-refractivity contribution < 1.29 is 14.3 Å². The van der Waals surface area contributed by atoms with E-state index in [2.05, 4.69) is 32.1 Å². The summed E-state index contributed by atoms with van der Waals surface area (Å²) >= 11 is 0. The summed E-state index contributed by atoms with van der Waals surface area (Å²) in [5.41, 5.74) is 8.56. The average Bonchev–Trinajstić information content (AvgIpc) is 3.40. The number of anilines is 4. The second kappa shape index (κ2) is 10.7. The Balaban J connectivity index is 1.61. The zero-order chi connectivity index (χ0) is 24.8. The van der Waals surface area contributed by atoms with Crippen LogP contribution in [0, 0.1) is 0 Å². The first-order chi connectivity index (χ1) is 17.0. The highest BCUT2D eigenvalue weighted by molar-refractivity contribution is 5.99. The Morgan fingerprint density at radius 3 is 2.51 bits per heavy atom. The van der Waals surface area contributed by atoms with Gasteiger partial charge in [-0.3, -0.25) is 9.59 Å². The van der Waals surface area contributed by atoms with Crippen LogP contribution in [0.5, 0.6) is 11.6 Å². The number of aromatic nitrogens is 2. The predicted octanol–water partition coefficient (Wildman–Crippen LogP) is 4.40. The maximum absolute atomic E-state index is 12.1. The quantitative estimate of drug-likeness (QED) is 0.395. The maximum Gasteiger partial charge on any atom is 0.271 e. The van der Waals surface area contributed by atoms with Gasteiger partial charge in [0.2, 0.25) is 11.8 Å². The van der Waals surface area contributed by atoms with Gasteiger partial charge in [-0.2, -0.15) is 4.98 Å². The molecule has 4 N–H and O–H groups in total. The molecule has 1 saturated heterocycles. The van der Waals surface area contributed by atoms with Gasteiger partial charge < -0.3 is 26.0 Å². The van der Waals surface area contributed by atoms with Crippen molar-refractivity contribution in [2.75, 3.05) is 28.6 Å². The summed E-state index contributed by atoms with van der Waals surface area (Å²) in [5.74, 6) is -0.132. The molecule has 2 aromatic carbocycles.